The van der Waals surface area contributed by atoms with Gasteiger partial charge in [0.2, 0.25) is 0 Å². The average Bonchev–Trinajstić information content (AvgIpc) is 2.79. The first-order chi connectivity index (χ1) is 9.99. The number of hydrogen-bond donors (Lipinski definition) is 0. The zero-order chi connectivity index (χ0) is 15.1. The van der Waals surface area contributed by atoms with Gasteiger partial charge in [0, 0.05) is 12.1 Å². The number of hydrogen-bond acceptors (Lipinski definition) is 1. The molecular weight excluding hydrogens is 294 g/mol. The van der Waals surface area contributed by atoms with E-state index in [0.717, 1.165) is 17.3 Å². The van der Waals surface area contributed by atoms with Gasteiger partial charge in [0.25, 0.3) is 0 Å². The predicted molar refractivity (Wildman–Crippen MR) is 80.0 cm³/mol. The number of nitrogens with zero attached hydrogens (tertiary/aromatic N) is 2. The van der Waals surface area contributed by atoms with Crippen LogP contribution in [0.15, 0.2) is 36.4 Å². The van der Waals surface area contributed by atoms with E-state index in [-0.39, 0.29) is 5.52 Å². The molecule has 3 rings (SSSR count). The van der Waals surface area contributed by atoms with Crippen LogP contribution in [0.4, 0.5) is 8.78 Å². The maximum Gasteiger partial charge on any atom is 0.153 e. The minimum Gasteiger partial charge on any atom is -0.295 e. The molecule has 0 aliphatic heterocycles. The summed E-state index contributed by atoms with van der Waals surface area (Å²) in [5, 5.41) is -0.431. The Bertz CT molecular complexity index is 825. The minimum absolute atomic E-state index is 0.127. The molecule has 0 fully saturated rings. The van der Waals surface area contributed by atoms with Gasteiger partial charge >= 0.3 is 0 Å². The third-order valence-corrected chi connectivity index (χ3v) is 3.61. The number of benzene rings is 2. The van der Waals surface area contributed by atoms with E-state index in [1.165, 1.54) is 6.07 Å². The molecule has 1 aromatic heterocycles. The molecule has 0 N–H and O–H groups in total. The van der Waals surface area contributed by atoms with Crippen LogP contribution in [0, 0.1) is 18.6 Å². The molecular formula is C16H13ClF2N2. The summed E-state index contributed by atoms with van der Waals surface area (Å²) in [4.78, 5) is 4.26. The van der Waals surface area contributed by atoms with Crippen molar-refractivity contribution in [2.45, 2.75) is 19.2 Å². The Morgan fingerprint density at radius 2 is 1.90 bits per heavy atom. The second kappa shape index (κ2) is 5.11. The summed E-state index contributed by atoms with van der Waals surface area (Å²) < 4.78 is 29.3. The molecule has 0 saturated carbocycles. The predicted octanol–water partition coefficient (Wildman–Crippen LogP) is 4.91. The lowest BCUT2D eigenvalue weighted by molar-refractivity contribution is 0.590. The third-order valence-electron chi connectivity index (χ3n) is 3.42. The van der Waals surface area contributed by atoms with E-state index in [9.17, 15) is 8.78 Å². The molecule has 108 valence electrons. The molecule has 0 amide bonds. The fraction of sp³-hybridized carbons (Fsp3) is 0.188. The molecule has 0 aliphatic rings. The van der Waals surface area contributed by atoms with Gasteiger partial charge in [-0.15, -0.1) is 11.6 Å². The zero-order valence-corrected chi connectivity index (χ0v) is 12.3. The first-order valence-electron chi connectivity index (χ1n) is 6.56. The molecule has 1 atom stereocenters. The van der Waals surface area contributed by atoms with Crippen molar-refractivity contribution in [3.8, 4) is 5.69 Å². The standard InChI is InChI=1S/C16H13ClF2N2/c1-9-5-3-4-6-13(9)21-14-8-11(18)7-12(19)15(14)20-16(21)10(2)17/h3-8,10H,1-2H3. The molecule has 0 bridgehead atoms. The fourth-order valence-corrected chi connectivity index (χ4v) is 2.60. The monoisotopic (exact) mass is 306 g/mol. The highest BCUT2D eigenvalue weighted by Crippen LogP contribution is 2.31. The topological polar surface area (TPSA) is 17.8 Å². The van der Waals surface area contributed by atoms with E-state index in [2.05, 4.69) is 4.98 Å². The average molecular weight is 307 g/mol. The largest absolute Gasteiger partial charge is 0.295 e. The lowest BCUT2D eigenvalue weighted by Gasteiger charge is -2.13. The molecule has 1 unspecified atom stereocenters. The van der Waals surface area contributed by atoms with E-state index in [1.807, 2.05) is 31.2 Å². The highest BCUT2D eigenvalue weighted by molar-refractivity contribution is 6.20. The number of aryl methyl sites for hydroxylation is 1. The first kappa shape index (κ1) is 14.0. The lowest BCUT2D eigenvalue weighted by atomic mass is 10.2. The van der Waals surface area contributed by atoms with Crippen LogP contribution in [0.2, 0.25) is 0 Å². The first-order valence-corrected chi connectivity index (χ1v) is 7.00. The number of aromatic nitrogens is 2. The summed E-state index contributed by atoms with van der Waals surface area (Å²) in [5.74, 6) is -0.829. The van der Waals surface area contributed by atoms with Crippen molar-refractivity contribution in [2.75, 3.05) is 0 Å². The van der Waals surface area contributed by atoms with Crippen molar-refractivity contribution in [3.05, 3.63) is 59.4 Å². The second-order valence-electron chi connectivity index (χ2n) is 4.96. The minimum atomic E-state index is -0.684. The van der Waals surface area contributed by atoms with Crippen LogP contribution >= 0.6 is 11.6 Å². The summed E-state index contributed by atoms with van der Waals surface area (Å²) in [5.41, 5.74) is 2.29. The van der Waals surface area contributed by atoms with Crippen LogP contribution < -0.4 is 0 Å². The Kier molecular flexibility index (Phi) is 3.41. The highest BCUT2D eigenvalue weighted by Gasteiger charge is 2.20. The van der Waals surface area contributed by atoms with Crippen LogP contribution in [0.5, 0.6) is 0 Å². The Morgan fingerprint density at radius 3 is 2.57 bits per heavy atom. The molecule has 0 aliphatic carbocycles. The Balaban J connectivity index is 2.44. The molecule has 0 saturated heterocycles. The normalized spacial score (nSPS) is 12.8. The van der Waals surface area contributed by atoms with Crippen LogP contribution in [0.25, 0.3) is 16.7 Å². The molecule has 5 heteroatoms. The van der Waals surface area contributed by atoms with Gasteiger partial charge in [0.1, 0.15) is 17.2 Å². The molecule has 3 aromatic rings. The van der Waals surface area contributed by atoms with Gasteiger partial charge in [0.15, 0.2) is 5.82 Å². The molecule has 0 spiro atoms. The Morgan fingerprint density at radius 1 is 1.19 bits per heavy atom. The smallest absolute Gasteiger partial charge is 0.153 e. The van der Waals surface area contributed by atoms with E-state index in [4.69, 9.17) is 11.6 Å². The van der Waals surface area contributed by atoms with E-state index < -0.39 is 17.0 Å². The van der Waals surface area contributed by atoms with Crippen molar-refractivity contribution in [1.82, 2.24) is 9.55 Å². The second-order valence-corrected chi connectivity index (χ2v) is 5.62. The number of imidazole rings is 1. The van der Waals surface area contributed by atoms with Crippen molar-refractivity contribution in [3.63, 3.8) is 0 Å². The number of halogens is 3. The molecule has 2 aromatic carbocycles. The number of rotatable bonds is 2. The van der Waals surface area contributed by atoms with E-state index in [0.29, 0.717) is 11.3 Å². The number of para-hydroxylation sites is 1. The van der Waals surface area contributed by atoms with Crippen LogP contribution in [0.3, 0.4) is 0 Å². The summed E-state index contributed by atoms with van der Waals surface area (Å²) in [6.45, 7) is 3.69. The van der Waals surface area contributed by atoms with E-state index >= 15 is 0 Å². The van der Waals surface area contributed by atoms with Crippen LogP contribution in [-0.4, -0.2) is 9.55 Å². The molecule has 0 radical (unpaired) electrons. The van der Waals surface area contributed by atoms with Gasteiger partial charge in [-0.05, 0) is 25.5 Å². The highest BCUT2D eigenvalue weighted by atomic mass is 35.5. The van der Waals surface area contributed by atoms with E-state index in [1.54, 1.807) is 11.5 Å². The Hall–Kier alpha value is -1.94. The summed E-state index contributed by atoms with van der Waals surface area (Å²) in [6.07, 6.45) is 0. The third kappa shape index (κ3) is 2.29. The maximum atomic E-state index is 14.0. The summed E-state index contributed by atoms with van der Waals surface area (Å²) in [6, 6.07) is 9.69. The molecule has 21 heavy (non-hydrogen) atoms. The summed E-state index contributed by atoms with van der Waals surface area (Å²) in [7, 11) is 0. The quantitative estimate of drug-likeness (QED) is 0.615. The van der Waals surface area contributed by atoms with Gasteiger partial charge in [0.05, 0.1) is 16.6 Å². The number of alkyl halides is 1. The zero-order valence-electron chi connectivity index (χ0n) is 11.6. The maximum absolute atomic E-state index is 14.0. The van der Waals surface area contributed by atoms with Gasteiger partial charge in [-0.1, -0.05) is 18.2 Å². The van der Waals surface area contributed by atoms with Crippen molar-refractivity contribution in [2.24, 2.45) is 0 Å². The number of fused-ring (bicyclic) bond motifs is 1. The molecule has 2 nitrogen and oxygen atoms in total. The summed E-state index contributed by atoms with van der Waals surface area (Å²) >= 11 is 6.17. The lowest BCUT2D eigenvalue weighted by Crippen LogP contribution is -2.03. The van der Waals surface area contributed by atoms with Gasteiger partial charge < -0.3 is 0 Å². The van der Waals surface area contributed by atoms with Crippen LogP contribution in [-0.2, 0) is 0 Å². The SMILES string of the molecule is Cc1ccccc1-n1c(C(C)Cl)nc2c(F)cc(F)cc21. The van der Waals surface area contributed by atoms with Crippen molar-refractivity contribution in [1.29, 1.82) is 0 Å². The van der Waals surface area contributed by atoms with Crippen LogP contribution in [0.1, 0.15) is 23.7 Å². The van der Waals surface area contributed by atoms with Crippen molar-refractivity contribution >= 4 is 22.6 Å². The molecule has 1 heterocycles. The van der Waals surface area contributed by atoms with Gasteiger partial charge in [-0.3, -0.25) is 4.57 Å². The van der Waals surface area contributed by atoms with Gasteiger partial charge in [-0.2, -0.15) is 0 Å². The fourth-order valence-electron chi connectivity index (χ4n) is 2.46. The van der Waals surface area contributed by atoms with Crippen molar-refractivity contribution < 1.29 is 8.78 Å². The van der Waals surface area contributed by atoms with Gasteiger partial charge in [-0.25, -0.2) is 13.8 Å². The Labute approximate surface area is 126 Å².